The van der Waals surface area contributed by atoms with Gasteiger partial charge in [0.25, 0.3) is 5.69 Å². The SMILES string of the molecule is NC(=O)C(CCSc1ccc([N+](=O)[O-])cc1)NC1CC1. The summed E-state index contributed by atoms with van der Waals surface area (Å²) in [6.45, 7) is 0. The Bertz CT molecular complexity index is 488. The third-order valence-electron chi connectivity index (χ3n) is 3.08. The maximum Gasteiger partial charge on any atom is 0.269 e. The standard InChI is InChI=1S/C13H17N3O3S/c14-13(17)12(15-9-1-2-9)7-8-20-11-5-3-10(4-6-11)16(18)19/h3-6,9,12,15H,1-2,7-8H2,(H2,14,17). The number of non-ortho nitro benzene ring substituents is 1. The molecule has 1 saturated carbocycles. The smallest absolute Gasteiger partial charge is 0.269 e. The molecule has 3 N–H and O–H groups in total. The monoisotopic (exact) mass is 295 g/mol. The van der Waals surface area contributed by atoms with Crippen LogP contribution in [0.4, 0.5) is 5.69 Å². The third kappa shape index (κ3) is 4.50. The minimum absolute atomic E-state index is 0.0831. The first-order valence-electron chi connectivity index (χ1n) is 6.49. The van der Waals surface area contributed by atoms with Gasteiger partial charge < -0.3 is 11.1 Å². The van der Waals surface area contributed by atoms with E-state index in [0.717, 1.165) is 23.5 Å². The fourth-order valence-electron chi connectivity index (χ4n) is 1.80. The molecule has 1 aliphatic rings. The Morgan fingerprint density at radius 3 is 2.60 bits per heavy atom. The average molecular weight is 295 g/mol. The summed E-state index contributed by atoms with van der Waals surface area (Å²) in [4.78, 5) is 22.4. The molecule has 2 rings (SSSR count). The molecule has 6 nitrogen and oxygen atoms in total. The Morgan fingerprint density at radius 2 is 2.10 bits per heavy atom. The summed E-state index contributed by atoms with van der Waals surface area (Å²) in [6.07, 6.45) is 2.88. The maximum atomic E-state index is 11.3. The molecule has 1 aliphatic carbocycles. The Hall–Kier alpha value is -1.60. The summed E-state index contributed by atoms with van der Waals surface area (Å²) in [6, 6.07) is 6.56. The van der Waals surface area contributed by atoms with Crippen LogP contribution in [0.3, 0.4) is 0 Å². The highest BCUT2D eigenvalue weighted by Crippen LogP contribution is 2.24. The second kappa shape index (κ2) is 6.71. The number of nitrogens with zero attached hydrogens (tertiary/aromatic N) is 1. The quantitative estimate of drug-likeness (QED) is 0.432. The lowest BCUT2D eigenvalue weighted by molar-refractivity contribution is -0.384. The highest BCUT2D eigenvalue weighted by Gasteiger charge is 2.26. The molecule has 1 fully saturated rings. The third-order valence-corrected chi connectivity index (χ3v) is 4.13. The molecule has 0 radical (unpaired) electrons. The first-order valence-corrected chi connectivity index (χ1v) is 7.47. The summed E-state index contributed by atoms with van der Waals surface area (Å²) in [5.41, 5.74) is 5.44. The van der Waals surface area contributed by atoms with Gasteiger partial charge in [0, 0.05) is 23.1 Å². The van der Waals surface area contributed by atoms with Crippen molar-refractivity contribution in [3.8, 4) is 0 Å². The van der Waals surface area contributed by atoms with E-state index in [2.05, 4.69) is 5.32 Å². The average Bonchev–Trinajstić information content (AvgIpc) is 3.22. The van der Waals surface area contributed by atoms with Crippen molar-refractivity contribution in [1.82, 2.24) is 5.32 Å². The molecule has 20 heavy (non-hydrogen) atoms. The van der Waals surface area contributed by atoms with Gasteiger partial charge in [-0.2, -0.15) is 0 Å². The van der Waals surface area contributed by atoms with Gasteiger partial charge in [0.15, 0.2) is 0 Å². The predicted octanol–water partition coefficient (Wildman–Crippen LogP) is 1.68. The lowest BCUT2D eigenvalue weighted by Gasteiger charge is -2.14. The number of nitrogens with two attached hydrogens (primary N) is 1. The summed E-state index contributed by atoms with van der Waals surface area (Å²) >= 11 is 1.56. The van der Waals surface area contributed by atoms with E-state index in [-0.39, 0.29) is 17.6 Å². The molecule has 0 spiro atoms. The van der Waals surface area contributed by atoms with Crippen LogP contribution < -0.4 is 11.1 Å². The molecular weight excluding hydrogens is 278 g/mol. The van der Waals surface area contributed by atoms with Crippen LogP contribution in [0.1, 0.15) is 19.3 Å². The Kier molecular flexibility index (Phi) is 4.97. The minimum Gasteiger partial charge on any atom is -0.368 e. The Labute approximate surface area is 121 Å². The van der Waals surface area contributed by atoms with Gasteiger partial charge in [0.2, 0.25) is 5.91 Å². The number of thioether (sulfide) groups is 1. The minimum atomic E-state index is -0.420. The van der Waals surface area contributed by atoms with Crippen molar-refractivity contribution in [2.45, 2.75) is 36.2 Å². The van der Waals surface area contributed by atoms with Crippen molar-refractivity contribution >= 4 is 23.4 Å². The van der Waals surface area contributed by atoms with Crippen molar-refractivity contribution in [3.63, 3.8) is 0 Å². The number of carbonyl (C=O) groups excluding carboxylic acids is 1. The van der Waals surface area contributed by atoms with Crippen molar-refractivity contribution in [2.24, 2.45) is 5.73 Å². The van der Waals surface area contributed by atoms with Gasteiger partial charge in [0.1, 0.15) is 0 Å². The number of amides is 1. The highest BCUT2D eigenvalue weighted by atomic mass is 32.2. The first-order chi connectivity index (χ1) is 9.56. The Morgan fingerprint density at radius 1 is 1.45 bits per heavy atom. The van der Waals surface area contributed by atoms with Gasteiger partial charge >= 0.3 is 0 Å². The maximum absolute atomic E-state index is 11.3. The first kappa shape index (κ1) is 14.8. The Balaban J connectivity index is 1.78. The van der Waals surface area contributed by atoms with Crippen LogP contribution in [0, 0.1) is 10.1 Å². The van der Waals surface area contributed by atoms with Gasteiger partial charge in [-0.05, 0) is 37.1 Å². The van der Waals surface area contributed by atoms with E-state index in [9.17, 15) is 14.9 Å². The number of carbonyl (C=O) groups is 1. The largest absolute Gasteiger partial charge is 0.368 e. The number of hydrogen-bond acceptors (Lipinski definition) is 5. The predicted molar refractivity (Wildman–Crippen MR) is 77.6 cm³/mol. The molecule has 1 aromatic carbocycles. The molecule has 0 bridgehead atoms. The fraction of sp³-hybridized carbons (Fsp3) is 0.462. The number of nitro benzene ring substituents is 1. The molecule has 0 aliphatic heterocycles. The fourth-order valence-corrected chi connectivity index (χ4v) is 2.72. The van der Waals surface area contributed by atoms with Gasteiger partial charge in [-0.15, -0.1) is 11.8 Å². The molecule has 1 amide bonds. The van der Waals surface area contributed by atoms with Crippen molar-refractivity contribution in [3.05, 3.63) is 34.4 Å². The summed E-state index contributed by atoms with van der Waals surface area (Å²) in [5, 5.41) is 13.8. The lowest BCUT2D eigenvalue weighted by Crippen LogP contribution is -2.42. The molecule has 0 saturated heterocycles. The zero-order chi connectivity index (χ0) is 14.5. The van der Waals surface area contributed by atoms with Crippen molar-refractivity contribution in [2.75, 3.05) is 5.75 Å². The number of primary amides is 1. The molecule has 1 aromatic rings. The second-order valence-electron chi connectivity index (χ2n) is 4.78. The van der Waals surface area contributed by atoms with Gasteiger partial charge in [-0.25, -0.2) is 0 Å². The summed E-state index contributed by atoms with van der Waals surface area (Å²) < 4.78 is 0. The number of nitro groups is 1. The molecule has 0 aromatic heterocycles. The molecule has 0 heterocycles. The van der Waals surface area contributed by atoms with E-state index in [0.29, 0.717) is 12.5 Å². The van der Waals surface area contributed by atoms with Crippen LogP contribution in [-0.4, -0.2) is 28.7 Å². The number of rotatable bonds is 8. The van der Waals surface area contributed by atoms with E-state index >= 15 is 0 Å². The van der Waals surface area contributed by atoms with E-state index < -0.39 is 4.92 Å². The van der Waals surface area contributed by atoms with Crippen LogP contribution in [0.2, 0.25) is 0 Å². The van der Waals surface area contributed by atoms with Gasteiger partial charge in [0.05, 0.1) is 11.0 Å². The van der Waals surface area contributed by atoms with Crippen LogP contribution in [-0.2, 0) is 4.79 Å². The zero-order valence-electron chi connectivity index (χ0n) is 11.0. The summed E-state index contributed by atoms with van der Waals surface area (Å²) in [5.74, 6) is 0.423. The second-order valence-corrected chi connectivity index (χ2v) is 5.95. The lowest BCUT2D eigenvalue weighted by atomic mass is 10.2. The van der Waals surface area contributed by atoms with E-state index in [1.165, 1.54) is 12.1 Å². The van der Waals surface area contributed by atoms with E-state index in [1.54, 1.807) is 23.9 Å². The van der Waals surface area contributed by atoms with Gasteiger partial charge in [-0.1, -0.05) is 0 Å². The van der Waals surface area contributed by atoms with Crippen LogP contribution in [0.25, 0.3) is 0 Å². The molecule has 108 valence electrons. The van der Waals surface area contributed by atoms with Gasteiger partial charge in [-0.3, -0.25) is 14.9 Å². The normalized spacial score (nSPS) is 15.8. The number of nitrogens with one attached hydrogen (secondary N) is 1. The molecule has 7 heteroatoms. The summed E-state index contributed by atoms with van der Waals surface area (Å²) in [7, 11) is 0. The highest BCUT2D eigenvalue weighted by molar-refractivity contribution is 7.99. The van der Waals surface area contributed by atoms with Crippen LogP contribution in [0.5, 0.6) is 0 Å². The van der Waals surface area contributed by atoms with Crippen LogP contribution >= 0.6 is 11.8 Å². The van der Waals surface area contributed by atoms with E-state index in [1.807, 2.05) is 0 Å². The zero-order valence-corrected chi connectivity index (χ0v) is 11.8. The number of benzene rings is 1. The molecule has 1 unspecified atom stereocenters. The molecule has 1 atom stereocenters. The van der Waals surface area contributed by atoms with E-state index in [4.69, 9.17) is 5.73 Å². The molecular formula is C13H17N3O3S. The number of hydrogen-bond donors (Lipinski definition) is 2. The van der Waals surface area contributed by atoms with Crippen LogP contribution in [0.15, 0.2) is 29.2 Å². The topological polar surface area (TPSA) is 98.3 Å². The van der Waals surface area contributed by atoms with Crippen molar-refractivity contribution < 1.29 is 9.72 Å². The van der Waals surface area contributed by atoms with Crippen molar-refractivity contribution in [1.29, 1.82) is 0 Å².